The van der Waals surface area contributed by atoms with Gasteiger partial charge < -0.3 is 29.9 Å². The van der Waals surface area contributed by atoms with Crippen LogP contribution in [0.25, 0.3) is 0 Å². The van der Waals surface area contributed by atoms with Gasteiger partial charge in [0.15, 0.2) is 0 Å². The Hall–Kier alpha value is 0.279. The van der Waals surface area contributed by atoms with Crippen LogP contribution in [0.1, 0.15) is 65.2 Å². The molecular formula is C22H34O6S4Sn. The second kappa shape index (κ2) is 16.9. The van der Waals surface area contributed by atoms with Crippen molar-refractivity contribution in [1.29, 1.82) is 0 Å². The molecule has 0 aromatic rings. The molecule has 2 heterocycles. The molecule has 0 aliphatic carbocycles. The minimum atomic E-state index is -1.07. The Morgan fingerprint density at radius 3 is 1.15 bits per heavy atom. The molecule has 2 saturated heterocycles. The van der Waals surface area contributed by atoms with E-state index in [0.29, 0.717) is 38.9 Å². The summed E-state index contributed by atoms with van der Waals surface area (Å²) in [5.74, 6) is -1.04. The van der Waals surface area contributed by atoms with Crippen molar-refractivity contribution >= 4 is 90.2 Å². The third-order valence-electron chi connectivity index (χ3n) is 5.74. The van der Waals surface area contributed by atoms with Crippen LogP contribution in [0.5, 0.6) is 0 Å². The van der Waals surface area contributed by atoms with Gasteiger partial charge in [-0.15, -0.1) is 24.4 Å². The molecule has 4 atom stereocenters. The second-order valence-corrected chi connectivity index (χ2v) is 12.5. The molecule has 6 radical (unpaired) electrons. The molecule has 0 aromatic carbocycles. The molecule has 4 unspecified atom stereocenters. The Balaban J connectivity index is 0.000000555. The molecule has 2 fully saturated rings. The summed E-state index contributed by atoms with van der Waals surface area (Å²) in [6, 6.07) is 0. The molecule has 0 saturated carbocycles. The van der Waals surface area contributed by atoms with Crippen molar-refractivity contribution in [3.05, 3.63) is 0 Å². The van der Waals surface area contributed by atoms with Crippen molar-refractivity contribution in [1.82, 2.24) is 0 Å². The van der Waals surface area contributed by atoms with Crippen LogP contribution in [-0.2, 0) is 9.47 Å². The zero-order valence-corrected chi connectivity index (χ0v) is 25.9. The SMILES string of the molecule is CCCCC(C([O-])=S)C1(C([O-])=S)CCO1.CCCCC(C([O-])=S)C1(C([O-])=S)CCO1.[CH3][Sn+4][CH3]. The monoisotopic (exact) mass is 642 g/mol. The number of unbranched alkanes of at least 4 members (excludes halogenated alkanes) is 2. The molecule has 0 spiro atoms. The van der Waals surface area contributed by atoms with Gasteiger partial charge >= 0.3 is 31.0 Å². The first kappa shape index (κ1) is 33.3. The first-order chi connectivity index (χ1) is 15.5. The van der Waals surface area contributed by atoms with E-state index in [1.807, 2.05) is 13.8 Å². The van der Waals surface area contributed by atoms with E-state index < -0.39 is 43.2 Å². The van der Waals surface area contributed by atoms with Gasteiger partial charge in [0, 0.05) is 24.7 Å². The van der Waals surface area contributed by atoms with Crippen LogP contribution in [-0.4, -0.2) is 65.8 Å². The molecule has 0 aromatic heterocycles. The molecule has 186 valence electrons. The van der Waals surface area contributed by atoms with Crippen LogP contribution in [0, 0.1) is 11.8 Å². The second-order valence-electron chi connectivity index (χ2n) is 8.08. The first-order valence-electron chi connectivity index (χ1n) is 11.2. The van der Waals surface area contributed by atoms with Crippen molar-refractivity contribution in [2.45, 2.75) is 86.3 Å². The molecule has 33 heavy (non-hydrogen) atoms. The summed E-state index contributed by atoms with van der Waals surface area (Å²) in [4.78, 5) is 4.59. The molecule has 0 amide bonds. The zero-order valence-electron chi connectivity index (χ0n) is 19.8. The Kier molecular flexibility index (Phi) is 17.0. The van der Waals surface area contributed by atoms with Crippen LogP contribution in [0.4, 0.5) is 0 Å². The molecule has 2 aliphatic heterocycles. The fourth-order valence-corrected chi connectivity index (χ4v) is 4.92. The van der Waals surface area contributed by atoms with Crippen LogP contribution < -0.4 is 20.4 Å². The zero-order chi connectivity index (χ0) is 25.7. The van der Waals surface area contributed by atoms with Crippen molar-refractivity contribution in [2.24, 2.45) is 11.8 Å². The Morgan fingerprint density at radius 2 is 1.03 bits per heavy atom. The van der Waals surface area contributed by atoms with Crippen LogP contribution in [0.2, 0.25) is 9.88 Å². The van der Waals surface area contributed by atoms with Crippen molar-refractivity contribution in [3.8, 4) is 0 Å². The van der Waals surface area contributed by atoms with E-state index in [-0.39, 0.29) is 21.1 Å². The fourth-order valence-electron chi connectivity index (χ4n) is 3.70. The maximum absolute atomic E-state index is 11.3. The molecular weight excluding hydrogens is 607 g/mol. The van der Waals surface area contributed by atoms with E-state index in [0.717, 1.165) is 25.7 Å². The summed E-state index contributed by atoms with van der Waals surface area (Å²) in [6.07, 6.45) is 5.91. The summed E-state index contributed by atoms with van der Waals surface area (Å²) in [7, 11) is 0. The summed E-state index contributed by atoms with van der Waals surface area (Å²) in [5.41, 5.74) is -2.13. The summed E-state index contributed by atoms with van der Waals surface area (Å²) in [6.45, 7) is 5.03. The molecule has 2 aliphatic rings. The van der Waals surface area contributed by atoms with E-state index in [4.69, 9.17) is 9.47 Å². The van der Waals surface area contributed by atoms with Crippen molar-refractivity contribution in [3.63, 3.8) is 0 Å². The maximum atomic E-state index is 11.3. The van der Waals surface area contributed by atoms with Crippen LogP contribution in [0.3, 0.4) is 0 Å². The Bertz CT molecular complexity index is 599. The Morgan fingerprint density at radius 1 is 0.758 bits per heavy atom. The van der Waals surface area contributed by atoms with Gasteiger partial charge in [-0.2, -0.15) is 0 Å². The molecule has 2 rings (SSSR count). The van der Waals surface area contributed by atoms with E-state index in [1.165, 1.54) is 0 Å². The first-order valence-corrected chi connectivity index (χ1v) is 18.6. The van der Waals surface area contributed by atoms with E-state index in [9.17, 15) is 20.4 Å². The standard InChI is InChI=1S/2C10H16O3S2.2CH3.Sn/c2*1-2-3-4-7(8(11)14)10(9(12)15)5-6-13-10;;;/h2*7H,2-6H2,1H3,(H,11,14)(H,12,15);2*1H3;/q;;;;+4/p-4. The third kappa shape index (κ3) is 9.34. The number of ether oxygens (including phenoxy) is 2. The topological polar surface area (TPSA) is 111 Å². The third-order valence-corrected chi connectivity index (χ3v) is 7.00. The quantitative estimate of drug-likeness (QED) is 0.230. The van der Waals surface area contributed by atoms with Crippen molar-refractivity contribution < 1.29 is 29.9 Å². The average molecular weight is 641 g/mol. The van der Waals surface area contributed by atoms with E-state index in [1.54, 1.807) is 0 Å². The van der Waals surface area contributed by atoms with Gasteiger partial charge in [-0.3, -0.25) is 0 Å². The van der Waals surface area contributed by atoms with Gasteiger partial charge in [0.1, 0.15) is 0 Å². The number of rotatable bonds is 12. The predicted molar refractivity (Wildman–Crippen MR) is 141 cm³/mol. The predicted octanol–water partition coefficient (Wildman–Crippen LogP) is 1.44. The number of thiocarbonyl (C=S) groups is 4. The van der Waals surface area contributed by atoms with Gasteiger partial charge in [0.2, 0.25) is 0 Å². The molecule has 6 nitrogen and oxygen atoms in total. The average Bonchev–Trinajstić information content (AvgIpc) is 2.65. The van der Waals surface area contributed by atoms with Gasteiger partial charge in [0.25, 0.3) is 0 Å². The normalized spacial score (nSPS) is 24.8. The molecule has 11 heteroatoms. The van der Waals surface area contributed by atoms with Crippen molar-refractivity contribution in [2.75, 3.05) is 13.2 Å². The molecule has 0 bridgehead atoms. The van der Waals surface area contributed by atoms with Crippen LogP contribution >= 0.6 is 48.9 Å². The summed E-state index contributed by atoms with van der Waals surface area (Å²) >= 11 is 18.9. The van der Waals surface area contributed by atoms with E-state index in [2.05, 4.69) is 58.8 Å². The van der Waals surface area contributed by atoms with Gasteiger partial charge in [0.05, 0.1) is 24.4 Å². The summed E-state index contributed by atoms with van der Waals surface area (Å²) < 4.78 is 10.5. The Labute approximate surface area is 230 Å². The molecule has 0 N–H and O–H groups in total. The van der Waals surface area contributed by atoms with Gasteiger partial charge in [-0.1, -0.05) is 74.1 Å². The van der Waals surface area contributed by atoms with E-state index >= 15 is 0 Å². The fraction of sp³-hybridized carbons (Fsp3) is 0.818. The minimum absolute atomic E-state index is 0.230. The number of hydrogen-bond acceptors (Lipinski definition) is 10. The van der Waals surface area contributed by atoms with Crippen LogP contribution in [0.15, 0.2) is 0 Å². The summed E-state index contributed by atoms with van der Waals surface area (Å²) in [5, 5.41) is 43.6. The van der Waals surface area contributed by atoms with Gasteiger partial charge in [-0.25, -0.2) is 0 Å². The van der Waals surface area contributed by atoms with Gasteiger partial charge in [-0.05, 0) is 22.9 Å². The number of hydrogen-bond donors (Lipinski definition) is 0.